The molecule has 2 fully saturated rings. The van der Waals surface area contributed by atoms with E-state index in [-0.39, 0.29) is 0 Å². The van der Waals surface area contributed by atoms with E-state index in [1.807, 2.05) is 0 Å². The monoisotopic (exact) mass is 360 g/mol. The average Bonchev–Trinajstić information content (AvgIpc) is 3.08. The van der Waals surface area contributed by atoms with Crippen molar-refractivity contribution in [3.05, 3.63) is 28.5 Å². The number of piperazine rings is 1. The maximum absolute atomic E-state index is 5.42. The van der Waals surface area contributed by atoms with Crippen molar-refractivity contribution in [2.75, 3.05) is 62.3 Å². The molecule has 2 saturated heterocycles. The van der Waals surface area contributed by atoms with E-state index in [0.29, 0.717) is 0 Å². The van der Waals surface area contributed by atoms with Crippen LogP contribution in [0.1, 0.15) is 10.7 Å². The highest BCUT2D eigenvalue weighted by Crippen LogP contribution is 2.20. The minimum absolute atomic E-state index is 0.772. The summed E-state index contributed by atoms with van der Waals surface area (Å²) in [6.07, 6.45) is 1.69. The first-order valence-electron chi connectivity index (χ1n) is 8.81. The van der Waals surface area contributed by atoms with Gasteiger partial charge in [-0.1, -0.05) is 0 Å². The fraction of sp³-hybridized carbons (Fsp3) is 0.588. The van der Waals surface area contributed by atoms with Crippen LogP contribution in [-0.2, 0) is 11.3 Å². The lowest BCUT2D eigenvalue weighted by atomic mass is 10.3. The fourth-order valence-corrected chi connectivity index (χ4v) is 3.92. The van der Waals surface area contributed by atoms with Crippen molar-refractivity contribution in [2.45, 2.75) is 13.5 Å². The minimum Gasteiger partial charge on any atom is -0.378 e. The van der Waals surface area contributed by atoms with E-state index in [9.17, 15) is 0 Å². The zero-order valence-electron chi connectivity index (χ0n) is 14.6. The molecule has 4 heterocycles. The van der Waals surface area contributed by atoms with Gasteiger partial charge in [0, 0.05) is 57.3 Å². The summed E-state index contributed by atoms with van der Waals surface area (Å²) in [6.45, 7) is 10.4. The summed E-state index contributed by atoms with van der Waals surface area (Å²) in [6, 6.07) is 2.12. The van der Waals surface area contributed by atoms with Gasteiger partial charge in [0.25, 0.3) is 0 Å². The van der Waals surface area contributed by atoms with E-state index in [2.05, 4.69) is 48.0 Å². The van der Waals surface area contributed by atoms with Gasteiger partial charge in [0.05, 0.1) is 23.9 Å². The quantitative estimate of drug-likeness (QED) is 0.817. The van der Waals surface area contributed by atoms with E-state index in [1.165, 1.54) is 5.69 Å². The van der Waals surface area contributed by atoms with Crippen LogP contribution >= 0.6 is 11.3 Å². The maximum atomic E-state index is 5.42. The Balaban J connectivity index is 1.35. The molecule has 0 aromatic carbocycles. The molecule has 0 N–H and O–H groups in total. The molecule has 0 unspecified atom stereocenters. The van der Waals surface area contributed by atoms with Crippen molar-refractivity contribution in [3.63, 3.8) is 0 Å². The largest absolute Gasteiger partial charge is 0.378 e. The lowest BCUT2D eigenvalue weighted by Crippen LogP contribution is -2.46. The van der Waals surface area contributed by atoms with Crippen LogP contribution in [0.5, 0.6) is 0 Å². The van der Waals surface area contributed by atoms with Gasteiger partial charge in [-0.05, 0) is 6.92 Å². The lowest BCUT2D eigenvalue weighted by molar-refractivity contribution is 0.122. The topological polar surface area (TPSA) is 57.6 Å². The molecule has 2 aliphatic rings. The predicted octanol–water partition coefficient (Wildman–Crippen LogP) is 1.40. The third kappa shape index (κ3) is 4.08. The lowest BCUT2D eigenvalue weighted by Gasteiger charge is -2.35. The van der Waals surface area contributed by atoms with Crippen LogP contribution in [0.4, 0.5) is 11.6 Å². The smallest absolute Gasteiger partial charge is 0.134 e. The standard InChI is InChI=1S/C17H24N6OS/c1-14-20-15(12-25-14)11-21-2-4-22(5-3-21)16-10-17(19-13-18-16)23-6-8-24-9-7-23/h10,12-13H,2-9,11H2,1H3. The first-order valence-corrected chi connectivity index (χ1v) is 9.69. The fourth-order valence-electron chi connectivity index (χ4n) is 3.32. The first kappa shape index (κ1) is 16.7. The highest BCUT2D eigenvalue weighted by atomic mass is 32.1. The molecular formula is C17H24N6OS. The van der Waals surface area contributed by atoms with Gasteiger partial charge in [0.2, 0.25) is 0 Å². The molecule has 2 aliphatic heterocycles. The Hall–Kier alpha value is -1.77. The molecule has 0 saturated carbocycles. The van der Waals surface area contributed by atoms with Crippen LogP contribution < -0.4 is 9.80 Å². The van der Waals surface area contributed by atoms with Crippen molar-refractivity contribution in [1.82, 2.24) is 19.9 Å². The Kier molecular flexibility index (Phi) is 5.09. The summed E-state index contributed by atoms with van der Waals surface area (Å²) in [5, 5.41) is 3.31. The molecule has 0 bridgehead atoms. The van der Waals surface area contributed by atoms with Gasteiger partial charge >= 0.3 is 0 Å². The number of rotatable bonds is 4. The first-order chi connectivity index (χ1) is 12.3. The minimum atomic E-state index is 0.772. The second-order valence-corrected chi connectivity index (χ2v) is 7.52. The van der Waals surface area contributed by atoms with E-state index in [0.717, 1.165) is 75.7 Å². The number of aryl methyl sites for hydroxylation is 1. The predicted molar refractivity (Wildman–Crippen MR) is 99.4 cm³/mol. The van der Waals surface area contributed by atoms with Crippen molar-refractivity contribution in [3.8, 4) is 0 Å². The molecule has 25 heavy (non-hydrogen) atoms. The number of ether oxygens (including phenoxy) is 1. The second-order valence-electron chi connectivity index (χ2n) is 6.45. The summed E-state index contributed by atoms with van der Waals surface area (Å²) < 4.78 is 5.42. The molecule has 8 heteroatoms. The van der Waals surface area contributed by atoms with Crippen LogP contribution in [0, 0.1) is 6.92 Å². The summed E-state index contributed by atoms with van der Waals surface area (Å²) in [5.41, 5.74) is 1.19. The molecule has 7 nitrogen and oxygen atoms in total. The van der Waals surface area contributed by atoms with Gasteiger partial charge in [-0.2, -0.15) is 0 Å². The van der Waals surface area contributed by atoms with Crippen LogP contribution in [-0.4, -0.2) is 72.3 Å². The molecule has 0 aliphatic carbocycles. The van der Waals surface area contributed by atoms with Gasteiger partial charge < -0.3 is 14.5 Å². The third-order valence-corrected chi connectivity index (χ3v) is 5.54. The molecule has 2 aromatic heterocycles. The highest BCUT2D eigenvalue weighted by Gasteiger charge is 2.20. The molecule has 0 atom stereocenters. The van der Waals surface area contributed by atoms with Gasteiger partial charge in [-0.25, -0.2) is 15.0 Å². The van der Waals surface area contributed by atoms with Crippen molar-refractivity contribution >= 4 is 23.0 Å². The Bertz CT molecular complexity index is 694. The van der Waals surface area contributed by atoms with Crippen molar-refractivity contribution in [2.24, 2.45) is 0 Å². The molecule has 4 rings (SSSR count). The number of anilines is 2. The molecule has 0 spiro atoms. The third-order valence-electron chi connectivity index (χ3n) is 4.72. The highest BCUT2D eigenvalue weighted by molar-refractivity contribution is 7.09. The van der Waals surface area contributed by atoms with Crippen LogP contribution in [0.3, 0.4) is 0 Å². The van der Waals surface area contributed by atoms with Gasteiger partial charge in [-0.3, -0.25) is 4.90 Å². The van der Waals surface area contributed by atoms with E-state index in [4.69, 9.17) is 4.74 Å². The van der Waals surface area contributed by atoms with E-state index in [1.54, 1.807) is 17.7 Å². The van der Waals surface area contributed by atoms with Crippen molar-refractivity contribution in [1.29, 1.82) is 0 Å². The average molecular weight is 360 g/mol. The maximum Gasteiger partial charge on any atom is 0.134 e. The summed E-state index contributed by atoms with van der Waals surface area (Å²) in [4.78, 5) is 20.6. The SMILES string of the molecule is Cc1nc(CN2CCN(c3cc(N4CCOCC4)ncn3)CC2)cs1. The Morgan fingerprint density at radius 2 is 1.68 bits per heavy atom. The van der Waals surface area contributed by atoms with Crippen LogP contribution in [0.15, 0.2) is 17.8 Å². The number of thiazole rings is 1. The normalized spacial score (nSPS) is 19.4. The molecular weight excluding hydrogens is 336 g/mol. The molecule has 2 aromatic rings. The number of aromatic nitrogens is 3. The second kappa shape index (κ2) is 7.63. The number of hydrogen-bond donors (Lipinski definition) is 0. The zero-order chi connectivity index (χ0) is 17.1. The van der Waals surface area contributed by atoms with Crippen LogP contribution in [0.2, 0.25) is 0 Å². The molecule has 134 valence electrons. The van der Waals surface area contributed by atoms with Crippen molar-refractivity contribution < 1.29 is 4.74 Å². The van der Waals surface area contributed by atoms with Crippen LogP contribution in [0.25, 0.3) is 0 Å². The summed E-state index contributed by atoms with van der Waals surface area (Å²) in [5.74, 6) is 2.04. The number of hydrogen-bond acceptors (Lipinski definition) is 8. The summed E-state index contributed by atoms with van der Waals surface area (Å²) in [7, 11) is 0. The van der Waals surface area contributed by atoms with Gasteiger partial charge in [0.15, 0.2) is 0 Å². The van der Waals surface area contributed by atoms with E-state index < -0.39 is 0 Å². The molecule has 0 radical (unpaired) electrons. The van der Waals surface area contributed by atoms with E-state index >= 15 is 0 Å². The number of morpholine rings is 1. The Morgan fingerprint density at radius 3 is 2.32 bits per heavy atom. The van der Waals surface area contributed by atoms with Gasteiger partial charge in [-0.15, -0.1) is 11.3 Å². The Labute approximate surface area is 152 Å². The summed E-state index contributed by atoms with van der Waals surface area (Å²) >= 11 is 1.73. The van der Waals surface area contributed by atoms with Gasteiger partial charge in [0.1, 0.15) is 18.0 Å². The number of nitrogens with zero attached hydrogens (tertiary/aromatic N) is 6. The molecule has 0 amide bonds. The Morgan fingerprint density at radius 1 is 1.00 bits per heavy atom. The zero-order valence-corrected chi connectivity index (χ0v) is 15.4.